The zero-order valence-corrected chi connectivity index (χ0v) is 12.4. The van der Waals surface area contributed by atoms with Crippen LogP contribution in [-0.2, 0) is 15.8 Å². The molecule has 0 bridgehead atoms. The van der Waals surface area contributed by atoms with Crippen LogP contribution in [0, 0.1) is 0 Å². The number of alkyl halides is 3. The zero-order chi connectivity index (χ0) is 17.0. The van der Waals surface area contributed by atoms with Crippen LogP contribution in [0.15, 0.2) is 18.3 Å². The molecule has 0 radical (unpaired) electrons. The minimum absolute atomic E-state index is 0.107. The van der Waals surface area contributed by atoms with Gasteiger partial charge in [-0.25, -0.2) is 4.98 Å². The molecule has 2 amide bonds. The minimum atomic E-state index is -4.46. The van der Waals surface area contributed by atoms with Crippen molar-refractivity contribution in [2.75, 3.05) is 19.6 Å². The van der Waals surface area contributed by atoms with Crippen LogP contribution in [0.4, 0.5) is 13.2 Å². The van der Waals surface area contributed by atoms with Crippen molar-refractivity contribution in [1.82, 2.24) is 15.2 Å². The molecular weight excluding hydrogens is 315 g/mol. The first-order valence-corrected chi connectivity index (χ1v) is 6.98. The second-order valence-electron chi connectivity index (χ2n) is 5.16. The molecule has 1 unspecified atom stereocenters. The number of aromatic nitrogens is 1. The van der Waals surface area contributed by atoms with Gasteiger partial charge in [-0.05, 0) is 6.07 Å². The number of carbonyl (C=O) groups is 2. The second kappa shape index (κ2) is 6.84. The molecule has 1 aliphatic heterocycles. The third-order valence-corrected chi connectivity index (χ3v) is 3.34. The van der Waals surface area contributed by atoms with Crippen molar-refractivity contribution in [3.05, 3.63) is 23.9 Å². The third-order valence-electron chi connectivity index (χ3n) is 3.34. The summed E-state index contributed by atoms with van der Waals surface area (Å²) in [6.45, 7) is 1.87. The molecule has 1 aliphatic rings. The maximum atomic E-state index is 12.6. The molecule has 23 heavy (non-hydrogen) atoms. The highest BCUT2D eigenvalue weighted by molar-refractivity contribution is 5.83. The smallest absolute Gasteiger partial charge is 0.416 e. The summed E-state index contributed by atoms with van der Waals surface area (Å²) in [7, 11) is 0. The van der Waals surface area contributed by atoms with Crippen molar-refractivity contribution in [3.8, 4) is 5.88 Å². The van der Waals surface area contributed by atoms with E-state index in [4.69, 9.17) is 4.74 Å². The van der Waals surface area contributed by atoms with Gasteiger partial charge in [0.05, 0.1) is 18.7 Å². The van der Waals surface area contributed by atoms with Crippen LogP contribution >= 0.6 is 0 Å². The van der Waals surface area contributed by atoms with E-state index < -0.39 is 17.8 Å². The van der Waals surface area contributed by atoms with Gasteiger partial charge in [-0.1, -0.05) is 0 Å². The van der Waals surface area contributed by atoms with Crippen molar-refractivity contribution in [2.45, 2.75) is 25.6 Å². The highest BCUT2D eigenvalue weighted by atomic mass is 19.4. The highest BCUT2D eigenvalue weighted by Crippen LogP contribution is 2.30. The summed E-state index contributed by atoms with van der Waals surface area (Å²) in [5.41, 5.74) is -0.834. The maximum absolute atomic E-state index is 12.6. The Morgan fingerprint density at radius 1 is 1.48 bits per heavy atom. The lowest BCUT2D eigenvalue weighted by Gasteiger charge is -2.17. The molecule has 1 N–H and O–H groups in total. The molecule has 1 saturated heterocycles. The lowest BCUT2D eigenvalue weighted by atomic mass is 10.2. The Kier molecular flexibility index (Phi) is 5.07. The number of hydrogen-bond acceptors (Lipinski definition) is 4. The SMILES string of the molecule is CC(=O)NCC(=O)N1CCC(Oc2cc(C(F)(F)F)ccn2)C1. The summed E-state index contributed by atoms with van der Waals surface area (Å²) in [6.07, 6.45) is -3.36. The fourth-order valence-electron chi connectivity index (χ4n) is 2.18. The van der Waals surface area contributed by atoms with Gasteiger partial charge in [0.15, 0.2) is 0 Å². The van der Waals surface area contributed by atoms with E-state index in [0.717, 1.165) is 18.3 Å². The molecule has 1 atom stereocenters. The second-order valence-corrected chi connectivity index (χ2v) is 5.16. The topological polar surface area (TPSA) is 71.5 Å². The quantitative estimate of drug-likeness (QED) is 0.900. The Labute approximate surface area is 130 Å². The number of likely N-dealkylation sites (tertiary alicyclic amines) is 1. The lowest BCUT2D eigenvalue weighted by Crippen LogP contribution is -2.39. The first kappa shape index (κ1) is 17.0. The number of rotatable bonds is 4. The minimum Gasteiger partial charge on any atom is -0.472 e. The average Bonchev–Trinajstić information content (AvgIpc) is 2.92. The van der Waals surface area contributed by atoms with Crippen LogP contribution < -0.4 is 10.1 Å². The van der Waals surface area contributed by atoms with E-state index in [1.54, 1.807) is 0 Å². The molecule has 0 aromatic carbocycles. The Bertz CT molecular complexity index is 592. The number of amides is 2. The van der Waals surface area contributed by atoms with Crippen LogP contribution in [0.25, 0.3) is 0 Å². The van der Waals surface area contributed by atoms with Crippen LogP contribution in [0.2, 0.25) is 0 Å². The van der Waals surface area contributed by atoms with Gasteiger partial charge in [0.1, 0.15) is 6.10 Å². The van der Waals surface area contributed by atoms with E-state index >= 15 is 0 Å². The predicted octanol–water partition coefficient (Wildman–Crippen LogP) is 1.22. The van der Waals surface area contributed by atoms with E-state index in [9.17, 15) is 22.8 Å². The summed E-state index contributed by atoms with van der Waals surface area (Å²) in [6, 6.07) is 1.70. The third kappa shape index (κ3) is 4.83. The summed E-state index contributed by atoms with van der Waals surface area (Å²) in [5, 5.41) is 2.40. The van der Waals surface area contributed by atoms with Crippen LogP contribution in [0.3, 0.4) is 0 Å². The van der Waals surface area contributed by atoms with Crippen LogP contribution in [0.5, 0.6) is 5.88 Å². The fraction of sp³-hybridized carbons (Fsp3) is 0.500. The number of nitrogens with zero attached hydrogens (tertiary/aromatic N) is 2. The first-order chi connectivity index (χ1) is 10.8. The Hall–Kier alpha value is -2.32. The number of nitrogens with one attached hydrogen (secondary N) is 1. The van der Waals surface area contributed by atoms with E-state index in [1.165, 1.54) is 11.8 Å². The number of hydrogen-bond donors (Lipinski definition) is 1. The van der Waals surface area contributed by atoms with Gasteiger partial charge in [-0.15, -0.1) is 0 Å². The molecule has 6 nitrogen and oxygen atoms in total. The number of carbonyl (C=O) groups excluding carboxylic acids is 2. The number of ether oxygens (including phenoxy) is 1. The van der Waals surface area contributed by atoms with Gasteiger partial charge in [-0.2, -0.15) is 13.2 Å². The highest BCUT2D eigenvalue weighted by Gasteiger charge is 2.32. The Morgan fingerprint density at radius 2 is 2.22 bits per heavy atom. The zero-order valence-electron chi connectivity index (χ0n) is 12.4. The molecule has 1 fully saturated rings. The number of pyridine rings is 1. The summed E-state index contributed by atoms with van der Waals surface area (Å²) in [5.74, 6) is -0.692. The molecule has 9 heteroatoms. The molecule has 0 spiro atoms. The molecule has 2 rings (SSSR count). The fourth-order valence-corrected chi connectivity index (χ4v) is 2.18. The Balaban J connectivity index is 1.91. The largest absolute Gasteiger partial charge is 0.472 e. The standard InChI is InChI=1S/C14H16F3N3O3/c1-9(21)19-7-13(22)20-5-3-11(8-20)23-12-6-10(2-4-18-12)14(15,16)17/h2,4,6,11H,3,5,7-8H2,1H3,(H,19,21). The van der Waals surface area contributed by atoms with E-state index in [-0.39, 0.29) is 30.8 Å². The van der Waals surface area contributed by atoms with Gasteiger partial charge in [0, 0.05) is 32.2 Å². The normalized spacial score (nSPS) is 17.9. The van der Waals surface area contributed by atoms with Crippen molar-refractivity contribution in [1.29, 1.82) is 0 Å². The molecule has 0 saturated carbocycles. The predicted molar refractivity (Wildman–Crippen MR) is 73.5 cm³/mol. The van der Waals surface area contributed by atoms with Crippen LogP contribution in [0.1, 0.15) is 18.9 Å². The molecule has 1 aromatic rings. The lowest BCUT2D eigenvalue weighted by molar-refractivity contribution is -0.137. The maximum Gasteiger partial charge on any atom is 0.416 e. The van der Waals surface area contributed by atoms with Gasteiger partial charge < -0.3 is 15.0 Å². The molecular formula is C14H16F3N3O3. The van der Waals surface area contributed by atoms with Crippen molar-refractivity contribution < 1.29 is 27.5 Å². The number of halogens is 3. The molecule has 126 valence electrons. The summed E-state index contributed by atoms with van der Waals surface area (Å²) in [4.78, 5) is 27.9. The van der Waals surface area contributed by atoms with Gasteiger partial charge in [0.2, 0.25) is 17.7 Å². The van der Waals surface area contributed by atoms with Crippen LogP contribution in [-0.4, -0.2) is 47.4 Å². The van der Waals surface area contributed by atoms with E-state index in [2.05, 4.69) is 10.3 Å². The van der Waals surface area contributed by atoms with E-state index in [0.29, 0.717) is 13.0 Å². The molecule has 0 aliphatic carbocycles. The summed E-state index contributed by atoms with van der Waals surface area (Å²) < 4.78 is 43.3. The van der Waals surface area contributed by atoms with Gasteiger partial charge >= 0.3 is 6.18 Å². The Morgan fingerprint density at radius 3 is 2.87 bits per heavy atom. The average molecular weight is 331 g/mol. The van der Waals surface area contributed by atoms with Gasteiger partial charge in [-0.3, -0.25) is 9.59 Å². The first-order valence-electron chi connectivity index (χ1n) is 6.98. The molecule has 1 aromatic heterocycles. The molecule has 2 heterocycles. The monoisotopic (exact) mass is 331 g/mol. The van der Waals surface area contributed by atoms with Crippen molar-refractivity contribution in [2.24, 2.45) is 0 Å². The van der Waals surface area contributed by atoms with Crippen molar-refractivity contribution >= 4 is 11.8 Å². The van der Waals surface area contributed by atoms with E-state index in [1.807, 2.05) is 0 Å². The summed E-state index contributed by atoms with van der Waals surface area (Å²) >= 11 is 0. The van der Waals surface area contributed by atoms with Crippen molar-refractivity contribution in [3.63, 3.8) is 0 Å². The van der Waals surface area contributed by atoms with Gasteiger partial charge in [0.25, 0.3) is 0 Å².